The summed E-state index contributed by atoms with van der Waals surface area (Å²) in [7, 11) is 0. The predicted molar refractivity (Wildman–Crippen MR) is 109 cm³/mol. The molecule has 0 atom stereocenters. The molecule has 2 aromatic carbocycles. The first kappa shape index (κ1) is 21.2. The van der Waals surface area contributed by atoms with Gasteiger partial charge in [0.1, 0.15) is 0 Å². The summed E-state index contributed by atoms with van der Waals surface area (Å²) >= 11 is 0. The fourth-order valence-corrected chi connectivity index (χ4v) is 2.62. The van der Waals surface area contributed by atoms with E-state index in [1.54, 1.807) is 6.07 Å². The predicted octanol–water partition coefficient (Wildman–Crippen LogP) is 3.82. The molecule has 0 aliphatic carbocycles. The number of ether oxygens (including phenoxy) is 1. The van der Waals surface area contributed by atoms with Gasteiger partial charge in [0.15, 0.2) is 6.61 Å². The largest absolute Gasteiger partial charge is 0.456 e. The lowest BCUT2D eigenvalue weighted by Crippen LogP contribution is -2.22. The summed E-state index contributed by atoms with van der Waals surface area (Å²) in [6.07, 6.45) is -0.0986. The number of aryl methyl sites for hydroxylation is 4. The third-order valence-electron chi connectivity index (χ3n) is 4.37. The minimum Gasteiger partial charge on any atom is -0.456 e. The molecule has 0 aromatic heterocycles. The summed E-state index contributed by atoms with van der Waals surface area (Å²) in [5, 5.41) is 5.45. The average molecular weight is 382 g/mol. The maximum absolute atomic E-state index is 12.0. The molecule has 0 bridgehead atoms. The molecule has 0 heterocycles. The van der Waals surface area contributed by atoms with Crippen molar-refractivity contribution in [3.8, 4) is 0 Å². The van der Waals surface area contributed by atoms with Gasteiger partial charge in [-0.3, -0.25) is 14.4 Å². The number of carbonyl (C=O) groups excluding carboxylic acids is 3. The van der Waals surface area contributed by atoms with Crippen LogP contribution < -0.4 is 10.6 Å². The lowest BCUT2D eigenvalue weighted by atomic mass is 10.1. The van der Waals surface area contributed by atoms with Gasteiger partial charge >= 0.3 is 5.97 Å². The Hall–Kier alpha value is -3.15. The summed E-state index contributed by atoms with van der Waals surface area (Å²) in [5.41, 5.74) is 5.62. The second kappa shape index (κ2) is 9.69. The van der Waals surface area contributed by atoms with Gasteiger partial charge in [-0.2, -0.15) is 0 Å². The number of benzene rings is 2. The fraction of sp³-hybridized carbons (Fsp3) is 0.318. The molecule has 2 amide bonds. The van der Waals surface area contributed by atoms with Crippen LogP contribution in [-0.4, -0.2) is 24.4 Å². The van der Waals surface area contributed by atoms with Gasteiger partial charge in [-0.1, -0.05) is 23.8 Å². The van der Waals surface area contributed by atoms with Crippen molar-refractivity contribution in [1.29, 1.82) is 0 Å². The van der Waals surface area contributed by atoms with E-state index in [0.717, 1.165) is 27.9 Å². The molecule has 0 unspecified atom stereocenters. The van der Waals surface area contributed by atoms with Crippen LogP contribution in [0.25, 0.3) is 0 Å². The molecule has 0 saturated carbocycles. The van der Waals surface area contributed by atoms with Gasteiger partial charge in [0.25, 0.3) is 5.91 Å². The molecule has 0 fully saturated rings. The van der Waals surface area contributed by atoms with Crippen LogP contribution in [0.2, 0.25) is 0 Å². The summed E-state index contributed by atoms with van der Waals surface area (Å²) in [4.78, 5) is 35.7. The van der Waals surface area contributed by atoms with Gasteiger partial charge in [0, 0.05) is 17.8 Å². The monoisotopic (exact) mass is 382 g/mol. The Kier molecular flexibility index (Phi) is 7.32. The lowest BCUT2D eigenvalue weighted by molar-refractivity contribution is -0.147. The van der Waals surface area contributed by atoms with E-state index in [9.17, 15) is 14.4 Å². The van der Waals surface area contributed by atoms with Gasteiger partial charge in [-0.15, -0.1) is 0 Å². The molecule has 148 valence electrons. The van der Waals surface area contributed by atoms with Crippen LogP contribution in [0, 0.1) is 27.7 Å². The molecule has 0 aliphatic heterocycles. The molecule has 6 heteroatoms. The molecule has 0 radical (unpaired) electrons. The summed E-state index contributed by atoms with van der Waals surface area (Å²) in [5.74, 6) is -1.29. The molecular formula is C22H26N2O4. The van der Waals surface area contributed by atoms with Crippen LogP contribution >= 0.6 is 0 Å². The zero-order valence-corrected chi connectivity index (χ0v) is 16.7. The molecule has 0 saturated heterocycles. The second-order valence-electron chi connectivity index (χ2n) is 6.87. The number of esters is 1. The van der Waals surface area contributed by atoms with Crippen LogP contribution in [-0.2, 0) is 19.1 Å². The summed E-state index contributed by atoms with van der Waals surface area (Å²) < 4.78 is 4.94. The van der Waals surface area contributed by atoms with Crippen molar-refractivity contribution in [1.82, 2.24) is 0 Å². The van der Waals surface area contributed by atoms with E-state index in [-0.39, 0.29) is 25.4 Å². The second-order valence-corrected chi connectivity index (χ2v) is 6.87. The van der Waals surface area contributed by atoms with Crippen molar-refractivity contribution in [2.45, 2.75) is 40.5 Å². The van der Waals surface area contributed by atoms with Crippen molar-refractivity contribution in [3.05, 3.63) is 58.7 Å². The number of nitrogens with one attached hydrogen (secondary N) is 2. The highest BCUT2D eigenvalue weighted by molar-refractivity contribution is 5.94. The van der Waals surface area contributed by atoms with E-state index in [0.29, 0.717) is 5.69 Å². The van der Waals surface area contributed by atoms with Crippen molar-refractivity contribution >= 4 is 29.2 Å². The Morgan fingerprint density at radius 1 is 0.786 bits per heavy atom. The first-order valence-electron chi connectivity index (χ1n) is 9.14. The number of anilines is 2. The maximum Gasteiger partial charge on any atom is 0.306 e. The molecule has 0 spiro atoms. The highest BCUT2D eigenvalue weighted by Gasteiger charge is 2.12. The van der Waals surface area contributed by atoms with Crippen LogP contribution in [0.5, 0.6) is 0 Å². The standard InChI is InChI=1S/C22H26N2O4/c1-14-5-8-19(17(4)11-14)24-20(25)9-10-22(27)28-13-21(26)23-18-7-6-15(2)16(3)12-18/h5-8,11-12H,9-10,13H2,1-4H3,(H,23,26)(H,24,25). The summed E-state index contributed by atoms with van der Waals surface area (Å²) in [6, 6.07) is 11.3. The van der Waals surface area contributed by atoms with E-state index < -0.39 is 11.9 Å². The minimum absolute atomic E-state index is 0.00900. The van der Waals surface area contributed by atoms with E-state index >= 15 is 0 Å². The van der Waals surface area contributed by atoms with Gasteiger partial charge in [0.05, 0.1) is 6.42 Å². The normalized spacial score (nSPS) is 10.3. The van der Waals surface area contributed by atoms with Crippen molar-refractivity contribution < 1.29 is 19.1 Å². The van der Waals surface area contributed by atoms with Gasteiger partial charge in [0.2, 0.25) is 5.91 Å². The Morgan fingerprint density at radius 3 is 2.21 bits per heavy atom. The van der Waals surface area contributed by atoms with Crippen molar-refractivity contribution in [2.24, 2.45) is 0 Å². The third kappa shape index (κ3) is 6.54. The minimum atomic E-state index is -0.592. The zero-order valence-electron chi connectivity index (χ0n) is 16.7. The zero-order chi connectivity index (χ0) is 20.7. The lowest BCUT2D eigenvalue weighted by Gasteiger charge is -2.10. The Labute approximate surface area is 165 Å². The van der Waals surface area contributed by atoms with Gasteiger partial charge in [-0.25, -0.2) is 0 Å². The number of hydrogen-bond donors (Lipinski definition) is 2. The van der Waals surface area contributed by atoms with E-state index in [1.807, 2.05) is 58.0 Å². The van der Waals surface area contributed by atoms with Gasteiger partial charge < -0.3 is 15.4 Å². The van der Waals surface area contributed by atoms with Crippen molar-refractivity contribution in [3.63, 3.8) is 0 Å². The number of rotatable bonds is 7. The van der Waals surface area contributed by atoms with Crippen LogP contribution in [0.3, 0.4) is 0 Å². The van der Waals surface area contributed by atoms with E-state index in [1.165, 1.54) is 0 Å². The third-order valence-corrected chi connectivity index (χ3v) is 4.37. The molecule has 2 rings (SSSR count). The first-order valence-corrected chi connectivity index (χ1v) is 9.14. The van der Waals surface area contributed by atoms with Crippen LogP contribution in [0.15, 0.2) is 36.4 Å². The van der Waals surface area contributed by atoms with Crippen LogP contribution in [0.1, 0.15) is 35.1 Å². The first-order chi connectivity index (χ1) is 13.2. The highest BCUT2D eigenvalue weighted by atomic mass is 16.5. The average Bonchev–Trinajstić information content (AvgIpc) is 2.63. The molecule has 28 heavy (non-hydrogen) atoms. The Morgan fingerprint density at radius 2 is 1.54 bits per heavy atom. The fourth-order valence-electron chi connectivity index (χ4n) is 2.62. The Bertz CT molecular complexity index is 890. The highest BCUT2D eigenvalue weighted by Crippen LogP contribution is 2.16. The SMILES string of the molecule is Cc1ccc(NC(=O)CCC(=O)OCC(=O)Nc2ccc(C)c(C)c2)c(C)c1. The molecule has 0 aliphatic rings. The maximum atomic E-state index is 12.0. The smallest absolute Gasteiger partial charge is 0.306 e. The quantitative estimate of drug-likeness (QED) is 0.713. The topological polar surface area (TPSA) is 84.5 Å². The number of carbonyl (C=O) groups is 3. The molecule has 6 nitrogen and oxygen atoms in total. The van der Waals surface area contributed by atoms with E-state index in [4.69, 9.17) is 4.74 Å². The molecule has 2 N–H and O–H groups in total. The molecular weight excluding hydrogens is 356 g/mol. The van der Waals surface area contributed by atoms with Gasteiger partial charge in [-0.05, 0) is 62.6 Å². The molecule has 2 aromatic rings. The van der Waals surface area contributed by atoms with E-state index in [2.05, 4.69) is 10.6 Å². The van der Waals surface area contributed by atoms with Crippen molar-refractivity contribution in [2.75, 3.05) is 17.2 Å². The number of amides is 2. The summed E-state index contributed by atoms with van der Waals surface area (Å²) in [6.45, 7) is 7.44. The number of hydrogen-bond acceptors (Lipinski definition) is 4. The Balaban J connectivity index is 1.72. The van der Waals surface area contributed by atoms with Crippen LogP contribution in [0.4, 0.5) is 11.4 Å².